The summed E-state index contributed by atoms with van der Waals surface area (Å²) in [5.41, 5.74) is 1.69. The van der Waals surface area contributed by atoms with Gasteiger partial charge in [-0.15, -0.1) is 11.3 Å². The van der Waals surface area contributed by atoms with Crippen LogP contribution in [0.1, 0.15) is 46.6 Å². The molecule has 2 aromatic rings. The molecule has 2 N–H and O–H groups in total. The van der Waals surface area contributed by atoms with Crippen LogP contribution in [-0.4, -0.2) is 35.0 Å². The van der Waals surface area contributed by atoms with Gasteiger partial charge in [0, 0.05) is 6.20 Å². The summed E-state index contributed by atoms with van der Waals surface area (Å²) in [6, 6.07) is 3.41. The highest BCUT2D eigenvalue weighted by molar-refractivity contribution is 7.12. The number of carbonyl (C=O) groups excluding carboxylic acids is 2. The van der Waals surface area contributed by atoms with Gasteiger partial charge in [0.15, 0.2) is 5.78 Å². The van der Waals surface area contributed by atoms with Crippen molar-refractivity contribution in [3.63, 3.8) is 0 Å². The number of nitrogens with zero attached hydrogens (tertiary/aromatic N) is 1. The fourth-order valence-corrected chi connectivity index (χ4v) is 3.97. The maximum Gasteiger partial charge on any atom is 0.224 e. The molecule has 26 heavy (non-hydrogen) atoms. The van der Waals surface area contributed by atoms with Crippen molar-refractivity contribution in [2.45, 2.75) is 38.3 Å². The summed E-state index contributed by atoms with van der Waals surface area (Å²) in [5.74, 6) is 0.682. The minimum absolute atomic E-state index is 0.00504. The van der Waals surface area contributed by atoms with Crippen LogP contribution in [0.25, 0.3) is 0 Å². The highest BCUT2D eigenvalue weighted by Gasteiger charge is 2.36. The molecule has 1 aliphatic carbocycles. The van der Waals surface area contributed by atoms with E-state index in [4.69, 9.17) is 4.74 Å². The van der Waals surface area contributed by atoms with Crippen LogP contribution in [0.2, 0.25) is 0 Å². The molecule has 2 heterocycles. The summed E-state index contributed by atoms with van der Waals surface area (Å²) in [5, 5.41) is 14.6. The molecule has 6 nitrogen and oxygen atoms in total. The summed E-state index contributed by atoms with van der Waals surface area (Å²) in [4.78, 5) is 28.8. The van der Waals surface area contributed by atoms with E-state index in [1.165, 1.54) is 18.3 Å². The van der Waals surface area contributed by atoms with Crippen LogP contribution in [0.15, 0.2) is 29.9 Å². The van der Waals surface area contributed by atoms with Gasteiger partial charge >= 0.3 is 0 Å². The number of aliphatic hydroxyl groups is 1. The van der Waals surface area contributed by atoms with E-state index in [1.807, 2.05) is 11.4 Å². The SMILES string of the molecule is COc1cncc([C@H](NC(=O)Cc2csc(C(C)=O)c2)C2CC(O)C2)c1. The minimum atomic E-state index is -0.312. The molecule has 138 valence electrons. The molecule has 0 unspecified atom stereocenters. The molecule has 3 rings (SSSR count). The number of aliphatic hydroxyl groups excluding tert-OH is 1. The number of aromatic nitrogens is 1. The molecule has 0 radical (unpaired) electrons. The monoisotopic (exact) mass is 374 g/mol. The van der Waals surface area contributed by atoms with Gasteiger partial charge in [-0.1, -0.05) is 0 Å². The zero-order valence-electron chi connectivity index (χ0n) is 14.8. The highest BCUT2D eigenvalue weighted by atomic mass is 32.1. The predicted octanol–water partition coefficient (Wildman–Crippen LogP) is 2.53. The summed E-state index contributed by atoms with van der Waals surface area (Å²) in [6.07, 6.45) is 4.54. The molecule has 2 aromatic heterocycles. The number of rotatable bonds is 7. The van der Waals surface area contributed by atoms with E-state index in [-0.39, 0.29) is 36.2 Å². The topological polar surface area (TPSA) is 88.5 Å². The second-order valence-electron chi connectivity index (χ2n) is 6.64. The van der Waals surface area contributed by atoms with Crippen LogP contribution >= 0.6 is 11.3 Å². The van der Waals surface area contributed by atoms with Crippen LogP contribution in [0.4, 0.5) is 0 Å². The number of amides is 1. The smallest absolute Gasteiger partial charge is 0.224 e. The van der Waals surface area contributed by atoms with Crippen LogP contribution in [-0.2, 0) is 11.2 Å². The first-order valence-corrected chi connectivity index (χ1v) is 9.39. The van der Waals surface area contributed by atoms with Crippen molar-refractivity contribution in [1.82, 2.24) is 10.3 Å². The number of carbonyl (C=O) groups is 2. The normalized spacial score (nSPS) is 20.1. The van der Waals surface area contributed by atoms with Gasteiger partial charge in [-0.2, -0.15) is 0 Å². The molecule has 1 saturated carbocycles. The Bertz CT molecular complexity index is 798. The maximum absolute atomic E-state index is 12.6. The maximum atomic E-state index is 12.6. The predicted molar refractivity (Wildman–Crippen MR) is 98.4 cm³/mol. The number of hydrogen-bond donors (Lipinski definition) is 2. The van der Waals surface area contributed by atoms with Crippen molar-refractivity contribution < 1.29 is 19.4 Å². The highest BCUT2D eigenvalue weighted by Crippen LogP contribution is 2.38. The fourth-order valence-electron chi connectivity index (χ4n) is 3.16. The Morgan fingerprint density at radius 3 is 2.77 bits per heavy atom. The van der Waals surface area contributed by atoms with Crippen molar-refractivity contribution in [2.24, 2.45) is 5.92 Å². The van der Waals surface area contributed by atoms with Gasteiger partial charge in [-0.05, 0) is 54.3 Å². The lowest BCUT2D eigenvalue weighted by Crippen LogP contribution is -2.41. The number of nitrogens with one attached hydrogen (secondary N) is 1. The molecular formula is C19H22N2O4S. The van der Waals surface area contributed by atoms with Gasteiger partial charge in [0.25, 0.3) is 0 Å². The molecule has 1 aliphatic rings. The summed E-state index contributed by atoms with van der Waals surface area (Å²) < 4.78 is 5.23. The third-order valence-corrected chi connectivity index (χ3v) is 5.71. The van der Waals surface area contributed by atoms with Gasteiger partial charge in [-0.3, -0.25) is 14.6 Å². The second kappa shape index (κ2) is 7.97. The molecule has 1 amide bonds. The van der Waals surface area contributed by atoms with Gasteiger partial charge in [0.2, 0.25) is 5.91 Å². The molecule has 0 saturated heterocycles. The first-order chi connectivity index (χ1) is 12.5. The molecular weight excluding hydrogens is 352 g/mol. The van der Waals surface area contributed by atoms with Crippen LogP contribution in [0.3, 0.4) is 0 Å². The standard InChI is InChI=1S/C19H22N2O4S/c1-11(22)17-3-12(10-26-17)4-18(24)21-19(13-5-15(23)6-13)14-7-16(25-2)9-20-8-14/h3,7-10,13,15,19,23H,4-6H2,1-2H3,(H,21,24)/t13?,15?,19-/m1/s1. The third kappa shape index (κ3) is 4.28. The number of Topliss-reactive ketones (excluding diaryl/α,β-unsaturated/α-hetero) is 1. The number of ketones is 1. The zero-order valence-corrected chi connectivity index (χ0v) is 15.6. The van der Waals surface area contributed by atoms with Gasteiger partial charge < -0.3 is 15.2 Å². The fraction of sp³-hybridized carbons (Fsp3) is 0.421. The van der Waals surface area contributed by atoms with Crippen LogP contribution < -0.4 is 10.1 Å². The van der Waals surface area contributed by atoms with E-state index in [0.717, 1.165) is 11.1 Å². The largest absolute Gasteiger partial charge is 0.495 e. The Labute approximate surface area is 156 Å². The first-order valence-electron chi connectivity index (χ1n) is 8.51. The second-order valence-corrected chi connectivity index (χ2v) is 7.55. The first kappa shape index (κ1) is 18.5. The average Bonchev–Trinajstić information content (AvgIpc) is 3.06. The molecule has 1 atom stereocenters. The summed E-state index contributed by atoms with van der Waals surface area (Å²) in [6.45, 7) is 1.52. The molecule has 7 heteroatoms. The summed E-state index contributed by atoms with van der Waals surface area (Å²) in [7, 11) is 1.57. The lowest BCUT2D eigenvalue weighted by Gasteiger charge is -2.38. The van der Waals surface area contributed by atoms with Gasteiger partial charge in [0.05, 0.1) is 36.8 Å². The van der Waals surface area contributed by atoms with Crippen molar-refractivity contribution in [3.05, 3.63) is 45.9 Å². The quantitative estimate of drug-likeness (QED) is 0.727. The van der Waals surface area contributed by atoms with Crippen molar-refractivity contribution in [1.29, 1.82) is 0 Å². The van der Waals surface area contributed by atoms with Gasteiger partial charge in [0.1, 0.15) is 5.75 Å². The lowest BCUT2D eigenvalue weighted by molar-refractivity contribution is -0.122. The molecule has 0 aromatic carbocycles. The Morgan fingerprint density at radius 1 is 1.38 bits per heavy atom. The summed E-state index contributed by atoms with van der Waals surface area (Å²) >= 11 is 1.35. The van der Waals surface area contributed by atoms with E-state index < -0.39 is 0 Å². The Morgan fingerprint density at radius 2 is 2.15 bits per heavy atom. The number of pyridine rings is 1. The lowest BCUT2D eigenvalue weighted by atomic mass is 9.75. The van der Waals surface area contributed by atoms with E-state index in [1.54, 1.807) is 25.6 Å². The molecule has 0 aliphatic heterocycles. The zero-order chi connectivity index (χ0) is 18.7. The van der Waals surface area contributed by atoms with Crippen LogP contribution in [0.5, 0.6) is 5.75 Å². The van der Waals surface area contributed by atoms with E-state index in [2.05, 4.69) is 10.3 Å². The van der Waals surface area contributed by atoms with Gasteiger partial charge in [-0.25, -0.2) is 0 Å². The van der Waals surface area contributed by atoms with Crippen LogP contribution in [0, 0.1) is 5.92 Å². The van der Waals surface area contributed by atoms with Crippen molar-refractivity contribution >= 4 is 23.0 Å². The number of thiophene rings is 1. The Hall–Kier alpha value is -2.25. The Kier molecular flexibility index (Phi) is 5.68. The number of ether oxygens (including phenoxy) is 1. The van der Waals surface area contributed by atoms with E-state index >= 15 is 0 Å². The molecule has 0 bridgehead atoms. The van der Waals surface area contributed by atoms with E-state index in [9.17, 15) is 14.7 Å². The number of methoxy groups -OCH3 is 1. The van der Waals surface area contributed by atoms with E-state index in [0.29, 0.717) is 23.5 Å². The average molecular weight is 374 g/mol. The van der Waals surface area contributed by atoms with Crippen molar-refractivity contribution in [3.8, 4) is 5.75 Å². The number of hydrogen-bond acceptors (Lipinski definition) is 6. The molecule has 0 spiro atoms. The third-order valence-electron chi connectivity index (χ3n) is 4.63. The Balaban J connectivity index is 1.72. The van der Waals surface area contributed by atoms with Crippen molar-refractivity contribution in [2.75, 3.05) is 7.11 Å². The molecule has 1 fully saturated rings. The minimum Gasteiger partial charge on any atom is -0.495 e.